The largest absolute Gasteiger partial charge is 0.494 e. The molecule has 0 atom stereocenters. The number of carbonyl (C=O) groups is 1. The number of benzene rings is 1. The second-order valence-electron chi connectivity index (χ2n) is 6.54. The third-order valence-electron chi connectivity index (χ3n) is 4.58. The van der Waals surface area contributed by atoms with Crippen molar-refractivity contribution >= 4 is 16.9 Å². The molecule has 1 aliphatic heterocycles. The number of hydrogen-bond acceptors (Lipinski definition) is 5. The molecule has 0 bridgehead atoms. The van der Waals surface area contributed by atoms with Gasteiger partial charge in [0.05, 0.1) is 6.61 Å². The normalized spacial score (nSPS) is 15.5. The lowest BCUT2D eigenvalue weighted by atomic mass is 10.1. The van der Waals surface area contributed by atoms with Crippen LogP contribution in [-0.2, 0) is 4.79 Å². The van der Waals surface area contributed by atoms with Crippen LogP contribution < -0.4 is 10.4 Å². The van der Waals surface area contributed by atoms with Gasteiger partial charge < -0.3 is 19.0 Å². The van der Waals surface area contributed by atoms with Gasteiger partial charge in [-0.25, -0.2) is 4.79 Å². The Labute approximate surface area is 147 Å². The van der Waals surface area contributed by atoms with Gasteiger partial charge in [0.25, 0.3) is 0 Å². The van der Waals surface area contributed by atoms with Crippen molar-refractivity contribution in [1.82, 2.24) is 9.80 Å². The van der Waals surface area contributed by atoms with E-state index in [-0.39, 0.29) is 11.5 Å². The average Bonchev–Trinajstić information content (AvgIpc) is 2.59. The van der Waals surface area contributed by atoms with E-state index in [2.05, 4.69) is 11.9 Å². The number of hydrogen-bond donors (Lipinski definition) is 0. The highest BCUT2D eigenvalue weighted by atomic mass is 16.5. The fraction of sp³-hybridized carbons (Fsp3) is 0.474. The van der Waals surface area contributed by atoms with E-state index in [1.807, 2.05) is 17.9 Å². The van der Waals surface area contributed by atoms with Crippen molar-refractivity contribution in [2.24, 2.45) is 0 Å². The monoisotopic (exact) mass is 344 g/mol. The highest BCUT2D eigenvalue weighted by Crippen LogP contribution is 2.22. The van der Waals surface area contributed by atoms with Crippen LogP contribution in [0.3, 0.4) is 0 Å². The average molecular weight is 344 g/mol. The van der Waals surface area contributed by atoms with Gasteiger partial charge in [0.1, 0.15) is 11.3 Å². The smallest absolute Gasteiger partial charge is 0.336 e. The Hall–Kier alpha value is -2.34. The topological polar surface area (TPSA) is 63.0 Å². The maximum absolute atomic E-state index is 12.2. The third-order valence-corrected chi connectivity index (χ3v) is 4.58. The number of rotatable bonds is 5. The van der Waals surface area contributed by atoms with Gasteiger partial charge in [0.15, 0.2) is 0 Å². The summed E-state index contributed by atoms with van der Waals surface area (Å²) in [5, 5.41) is 0.866. The number of carbonyl (C=O) groups excluding carboxylic acids is 1. The maximum Gasteiger partial charge on any atom is 0.336 e. The fourth-order valence-corrected chi connectivity index (χ4v) is 3.02. The summed E-state index contributed by atoms with van der Waals surface area (Å²) in [6.07, 6.45) is 1.19. The Morgan fingerprint density at radius 2 is 1.96 bits per heavy atom. The van der Waals surface area contributed by atoms with Crippen LogP contribution in [0.2, 0.25) is 0 Å². The summed E-state index contributed by atoms with van der Waals surface area (Å²) in [6.45, 7) is 5.86. The number of likely N-dealkylation sites (N-methyl/N-ethyl adjacent to an activating group) is 1. The second kappa shape index (κ2) is 7.70. The van der Waals surface area contributed by atoms with E-state index in [9.17, 15) is 9.59 Å². The van der Waals surface area contributed by atoms with E-state index in [4.69, 9.17) is 9.15 Å². The number of ether oxygens (including phenoxy) is 1. The molecule has 134 valence electrons. The minimum Gasteiger partial charge on any atom is -0.494 e. The van der Waals surface area contributed by atoms with Gasteiger partial charge in [-0.2, -0.15) is 0 Å². The lowest BCUT2D eigenvalue weighted by Crippen LogP contribution is -2.47. The molecule has 3 rings (SSSR count). The Morgan fingerprint density at radius 3 is 2.72 bits per heavy atom. The molecule has 0 aliphatic carbocycles. The molecule has 1 amide bonds. The summed E-state index contributed by atoms with van der Waals surface area (Å²) in [5.41, 5.74) is 1.07. The molecule has 1 fully saturated rings. The molecule has 2 aromatic rings. The van der Waals surface area contributed by atoms with Crippen LogP contribution in [-0.4, -0.2) is 55.5 Å². The first kappa shape index (κ1) is 17.5. The van der Waals surface area contributed by atoms with E-state index < -0.39 is 0 Å². The highest BCUT2D eigenvalue weighted by molar-refractivity contribution is 5.81. The molecule has 6 nitrogen and oxygen atoms in total. The number of piperazine rings is 1. The fourth-order valence-electron chi connectivity index (χ4n) is 3.02. The van der Waals surface area contributed by atoms with Gasteiger partial charge >= 0.3 is 5.63 Å². The Bertz CT molecular complexity index is 807. The predicted octanol–water partition coefficient (Wildman–Crippen LogP) is 2.03. The third kappa shape index (κ3) is 4.39. The number of fused-ring (bicyclic) bond motifs is 1. The second-order valence-corrected chi connectivity index (χ2v) is 6.54. The van der Waals surface area contributed by atoms with Crippen molar-refractivity contribution in [1.29, 1.82) is 0 Å². The summed E-state index contributed by atoms with van der Waals surface area (Å²) >= 11 is 0. The predicted molar refractivity (Wildman–Crippen MR) is 96.0 cm³/mol. The van der Waals surface area contributed by atoms with Crippen molar-refractivity contribution in [2.75, 3.05) is 39.8 Å². The van der Waals surface area contributed by atoms with Crippen molar-refractivity contribution < 1.29 is 13.9 Å². The van der Waals surface area contributed by atoms with Crippen LogP contribution >= 0.6 is 0 Å². The zero-order valence-corrected chi connectivity index (χ0v) is 14.8. The molecular formula is C19H24N2O4. The van der Waals surface area contributed by atoms with E-state index in [0.29, 0.717) is 25.0 Å². The first-order valence-electron chi connectivity index (χ1n) is 8.66. The first-order valence-corrected chi connectivity index (χ1v) is 8.66. The highest BCUT2D eigenvalue weighted by Gasteiger charge is 2.18. The summed E-state index contributed by atoms with van der Waals surface area (Å²) < 4.78 is 10.9. The molecule has 1 aromatic heterocycles. The van der Waals surface area contributed by atoms with Crippen LogP contribution in [0.4, 0.5) is 0 Å². The van der Waals surface area contributed by atoms with Gasteiger partial charge in [0.2, 0.25) is 5.91 Å². The van der Waals surface area contributed by atoms with Gasteiger partial charge in [-0.3, -0.25) is 4.79 Å². The van der Waals surface area contributed by atoms with Crippen molar-refractivity contribution in [3.63, 3.8) is 0 Å². The standard InChI is InChI=1S/C19H24N2O4/c1-14-12-19(23)25-17-6-5-15(13-16(14)17)24-11-3-4-18(22)21-9-7-20(2)8-10-21/h5-6,12-13H,3-4,7-11H2,1-2H3. The summed E-state index contributed by atoms with van der Waals surface area (Å²) in [6, 6.07) is 6.87. The maximum atomic E-state index is 12.2. The van der Waals surface area contributed by atoms with Gasteiger partial charge in [-0.15, -0.1) is 0 Å². The molecule has 0 radical (unpaired) electrons. The van der Waals surface area contributed by atoms with Crippen molar-refractivity contribution in [3.8, 4) is 5.75 Å². The molecule has 1 saturated heterocycles. The molecular weight excluding hydrogens is 320 g/mol. The van der Waals surface area contributed by atoms with Gasteiger partial charge in [0, 0.05) is 44.1 Å². The molecule has 0 N–H and O–H groups in total. The molecule has 0 unspecified atom stereocenters. The number of aryl methyl sites for hydroxylation is 1. The zero-order valence-electron chi connectivity index (χ0n) is 14.8. The zero-order chi connectivity index (χ0) is 17.8. The van der Waals surface area contributed by atoms with Gasteiger partial charge in [-0.05, 0) is 44.2 Å². The van der Waals surface area contributed by atoms with Crippen LogP contribution in [0.25, 0.3) is 11.0 Å². The minimum absolute atomic E-state index is 0.202. The van der Waals surface area contributed by atoms with E-state index in [1.54, 1.807) is 12.1 Å². The molecule has 0 saturated carbocycles. The van der Waals surface area contributed by atoms with Crippen LogP contribution in [0.5, 0.6) is 5.75 Å². The van der Waals surface area contributed by atoms with E-state index >= 15 is 0 Å². The quantitative estimate of drug-likeness (QED) is 0.613. The van der Waals surface area contributed by atoms with Crippen LogP contribution in [0, 0.1) is 6.92 Å². The number of nitrogens with zero attached hydrogens (tertiary/aromatic N) is 2. The Morgan fingerprint density at radius 1 is 1.20 bits per heavy atom. The van der Waals surface area contributed by atoms with Crippen LogP contribution in [0.1, 0.15) is 18.4 Å². The van der Waals surface area contributed by atoms with Crippen molar-refractivity contribution in [3.05, 3.63) is 40.2 Å². The van der Waals surface area contributed by atoms with Crippen LogP contribution in [0.15, 0.2) is 33.5 Å². The van der Waals surface area contributed by atoms with Gasteiger partial charge in [-0.1, -0.05) is 0 Å². The van der Waals surface area contributed by atoms with E-state index in [1.165, 1.54) is 6.07 Å². The summed E-state index contributed by atoms with van der Waals surface area (Å²) in [4.78, 5) is 27.7. The molecule has 6 heteroatoms. The molecule has 0 spiro atoms. The molecule has 1 aliphatic rings. The lowest BCUT2D eigenvalue weighted by molar-refractivity contribution is -0.133. The first-order chi connectivity index (χ1) is 12.0. The Balaban J connectivity index is 1.50. The Kier molecular flexibility index (Phi) is 5.38. The van der Waals surface area contributed by atoms with E-state index in [0.717, 1.165) is 42.9 Å². The van der Waals surface area contributed by atoms with Crippen molar-refractivity contribution in [2.45, 2.75) is 19.8 Å². The summed E-state index contributed by atoms with van der Waals surface area (Å²) in [5.74, 6) is 0.921. The summed E-state index contributed by atoms with van der Waals surface area (Å²) in [7, 11) is 2.08. The minimum atomic E-state index is -0.346. The molecule has 1 aromatic carbocycles. The number of amides is 1. The molecule has 25 heavy (non-hydrogen) atoms. The molecule has 2 heterocycles. The lowest BCUT2D eigenvalue weighted by Gasteiger charge is -2.32. The SMILES string of the molecule is Cc1cc(=O)oc2ccc(OCCCC(=O)N3CCN(C)CC3)cc12.